The summed E-state index contributed by atoms with van der Waals surface area (Å²) in [6.45, 7) is 0.442. The highest BCUT2D eigenvalue weighted by Gasteiger charge is 2.34. The summed E-state index contributed by atoms with van der Waals surface area (Å²) < 4.78 is 0. The topological polar surface area (TPSA) is 66.5 Å². The van der Waals surface area contributed by atoms with E-state index < -0.39 is 0 Å². The summed E-state index contributed by atoms with van der Waals surface area (Å²) in [6.07, 6.45) is 2.04. The average molecular weight is 379 g/mol. The van der Waals surface area contributed by atoms with Crippen LogP contribution in [0.1, 0.15) is 9.75 Å². The van der Waals surface area contributed by atoms with Gasteiger partial charge in [-0.2, -0.15) is 0 Å². The summed E-state index contributed by atoms with van der Waals surface area (Å²) in [6, 6.07) is 7.58. The molecule has 0 radical (unpaired) electrons. The maximum atomic E-state index is 12.3. The molecule has 1 aliphatic heterocycles. The molecule has 0 saturated carbocycles. The molecule has 8 heteroatoms. The van der Waals surface area contributed by atoms with Gasteiger partial charge in [-0.15, -0.1) is 22.7 Å². The number of hydrogen-bond donors (Lipinski definition) is 1. The number of carbonyl (C=O) groups excluding carboxylic acids is 3. The molecule has 0 bridgehead atoms. The van der Waals surface area contributed by atoms with Gasteiger partial charge in [0.15, 0.2) is 0 Å². The van der Waals surface area contributed by atoms with E-state index in [1.54, 1.807) is 6.08 Å². The minimum Gasteiger partial charge on any atom is -0.354 e. The van der Waals surface area contributed by atoms with Gasteiger partial charge < -0.3 is 5.32 Å². The Morgan fingerprint density at radius 1 is 1.17 bits per heavy atom. The molecule has 1 aliphatic rings. The van der Waals surface area contributed by atoms with E-state index in [2.05, 4.69) is 5.32 Å². The second-order valence-electron chi connectivity index (χ2n) is 4.95. The van der Waals surface area contributed by atoms with E-state index in [4.69, 9.17) is 0 Å². The Morgan fingerprint density at radius 2 is 1.96 bits per heavy atom. The van der Waals surface area contributed by atoms with E-state index in [-0.39, 0.29) is 30.1 Å². The lowest BCUT2D eigenvalue weighted by Gasteiger charge is -2.12. The van der Waals surface area contributed by atoms with Crippen LogP contribution in [-0.4, -0.2) is 35.0 Å². The minimum atomic E-state index is -0.300. The van der Waals surface area contributed by atoms with Crippen molar-refractivity contribution < 1.29 is 14.4 Å². The number of amides is 3. The normalized spacial score (nSPS) is 16.2. The number of thioether (sulfide) groups is 1. The lowest BCUT2D eigenvalue weighted by molar-refractivity contribution is -0.124. The predicted molar refractivity (Wildman–Crippen MR) is 98.0 cm³/mol. The van der Waals surface area contributed by atoms with E-state index in [9.17, 15) is 14.4 Å². The van der Waals surface area contributed by atoms with Crippen molar-refractivity contribution in [2.24, 2.45) is 0 Å². The first-order chi connectivity index (χ1) is 11.6. The van der Waals surface area contributed by atoms with E-state index in [0.717, 1.165) is 21.5 Å². The molecule has 0 unspecified atom stereocenters. The van der Waals surface area contributed by atoms with Gasteiger partial charge >= 0.3 is 0 Å². The van der Waals surface area contributed by atoms with Gasteiger partial charge in [-0.1, -0.05) is 12.1 Å². The van der Waals surface area contributed by atoms with Gasteiger partial charge in [0.25, 0.3) is 11.1 Å². The zero-order chi connectivity index (χ0) is 16.9. The zero-order valence-corrected chi connectivity index (χ0v) is 15.0. The van der Waals surface area contributed by atoms with Crippen LogP contribution >= 0.6 is 34.4 Å². The number of nitrogens with one attached hydrogen (secondary N) is 1. The highest BCUT2D eigenvalue weighted by Crippen LogP contribution is 2.32. The molecule has 3 heterocycles. The van der Waals surface area contributed by atoms with Gasteiger partial charge in [0.1, 0.15) is 0 Å². The van der Waals surface area contributed by atoms with Crippen LogP contribution in [0.3, 0.4) is 0 Å². The van der Waals surface area contributed by atoms with Crippen molar-refractivity contribution in [2.75, 3.05) is 13.1 Å². The van der Waals surface area contributed by atoms with E-state index >= 15 is 0 Å². The van der Waals surface area contributed by atoms with Gasteiger partial charge in [-0.05, 0) is 40.7 Å². The van der Waals surface area contributed by atoms with E-state index in [0.29, 0.717) is 11.3 Å². The lowest BCUT2D eigenvalue weighted by atomic mass is 10.3. The molecule has 0 spiro atoms. The van der Waals surface area contributed by atoms with Crippen LogP contribution in [0, 0.1) is 0 Å². The highest BCUT2D eigenvalue weighted by atomic mass is 32.2. The molecule has 0 atom stereocenters. The van der Waals surface area contributed by atoms with Crippen molar-refractivity contribution >= 4 is 57.6 Å². The summed E-state index contributed by atoms with van der Waals surface area (Å²) in [5.41, 5.74) is 0. The standard InChI is InChI=1S/C16H14N2O3S3/c19-14(10-12-4-2-8-23-12)17-5-6-18-15(20)13(24-16(18)21)9-11-3-1-7-22-11/h1-4,7-9H,5-6,10H2,(H,17,19). The smallest absolute Gasteiger partial charge is 0.293 e. The van der Waals surface area contributed by atoms with Crippen LogP contribution in [0.2, 0.25) is 0 Å². The van der Waals surface area contributed by atoms with Crippen molar-refractivity contribution in [1.29, 1.82) is 0 Å². The van der Waals surface area contributed by atoms with Crippen LogP contribution in [0.15, 0.2) is 39.9 Å². The Kier molecular flexibility index (Phi) is 5.49. The van der Waals surface area contributed by atoms with Gasteiger partial charge in [0, 0.05) is 22.8 Å². The van der Waals surface area contributed by atoms with Crippen LogP contribution < -0.4 is 5.32 Å². The maximum absolute atomic E-state index is 12.3. The molecule has 1 fully saturated rings. The molecule has 2 aromatic rings. The third-order valence-corrected chi connectivity index (χ3v) is 5.87. The van der Waals surface area contributed by atoms with Crippen molar-refractivity contribution in [3.05, 3.63) is 49.7 Å². The van der Waals surface area contributed by atoms with Crippen LogP contribution in [0.4, 0.5) is 4.79 Å². The Morgan fingerprint density at radius 3 is 2.67 bits per heavy atom. The Labute approximate surface area is 151 Å². The summed E-state index contributed by atoms with van der Waals surface area (Å²) in [5.74, 6) is -0.413. The maximum Gasteiger partial charge on any atom is 0.293 e. The fraction of sp³-hybridized carbons (Fsp3) is 0.188. The molecule has 3 amide bonds. The first kappa shape index (κ1) is 16.9. The van der Waals surface area contributed by atoms with Gasteiger partial charge in [0.05, 0.1) is 11.3 Å². The van der Waals surface area contributed by atoms with E-state index in [1.165, 1.54) is 27.6 Å². The largest absolute Gasteiger partial charge is 0.354 e. The van der Waals surface area contributed by atoms with Crippen molar-refractivity contribution in [3.8, 4) is 0 Å². The minimum absolute atomic E-state index is 0.112. The molecular weight excluding hydrogens is 364 g/mol. The Balaban J connectivity index is 1.51. The number of imide groups is 1. The third-order valence-electron chi connectivity index (χ3n) is 3.26. The monoisotopic (exact) mass is 378 g/mol. The first-order valence-electron chi connectivity index (χ1n) is 7.21. The van der Waals surface area contributed by atoms with Gasteiger partial charge in [-0.3, -0.25) is 19.3 Å². The summed E-state index contributed by atoms with van der Waals surface area (Å²) in [5, 5.41) is 6.28. The summed E-state index contributed by atoms with van der Waals surface area (Å²) in [7, 11) is 0. The SMILES string of the molecule is O=C(Cc1cccs1)NCCN1C(=O)SC(=Cc2cccs2)C1=O. The van der Waals surface area contributed by atoms with Gasteiger partial charge in [0.2, 0.25) is 5.91 Å². The van der Waals surface area contributed by atoms with Crippen LogP contribution in [-0.2, 0) is 16.0 Å². The number of rotatable bonds is 6. The molecule has 3 rings (SSSR count). The second kappa shape index (κ2) is 7.78. The number of thiophene rings is 2. The number of hydrogen-bond acceptors (Lipinski definition) is 6. The molecule has 0 aliphatic carbocycles. The molecule has 5 nitrogen and oxygen atoms in total. The first-order valence-corrected chi connectivity index (χ1v) is 9.79. The van der Waals surface area contributed by atoms with E-state index in [1.807, 2.05) is 35.0 Å². The molecule has 1 saturated heterocycles. The fourth-order valence-electron chi connectivity index (χ4n) is 2.14. The quantitative estimate of drug-likeness (QED) is 0.784. The zero-order valence-electron chi connectivity index (χ0n) is 12.6. The molecule has 0 aromatic carbocycles. The average Bonchev–Trinajstić information content (AvgIpc) is 3.27. The molecular formula is C16H14N2O3S3. The summed E-state index contributed by atoms with van der Waals surface area (Å²) >= 11 is 3.97. The van der Waals surface area contributed by atoms with Crippen LogP contribution in [0.5, 0.6) is 0 Å². The van der Waals surface area contributed by atoms with Crippen LogP contribution in [0.25, 0.3) is 6.08 Å². The fourth-order valence-corrected chi connectivity index (χ4v) is 4.43. The lowest BCUT2D eigenvalue weighted by Crippen LogP contribution is -2.37. The second-order valence-corrected chi connectivity index (χ2v) is 7.96. The Hall–Kier alpha value is -1.90. The van der Waals surface area contributed by atoms with Crippen molar-refractivity contribution in [1.82, 2.24) is 10.2 Å². The predicted octanol–water partition coefficient (Wildman–Crippen LogP) is 3.20. The number of carbonyl (C=O) groups is 3. The van der Waals surface area contributed by atoms with Crippen molar-refractivity contribution in [2.45, 2.75) is 6.42 Å². The summed E-state index contributed by atoms with van der Waals surface area (Å²) in [4.78, 5) is 39.6. The molecule has 124 valence electrons. The van der Waals surface area contributed by atoms with Crippen molar-refractivity contribution in [3.63, 3.8) is 0 Å². The molecule has 2 aromatic heterocycles. The molecule has 1 N–H and O–H groups in total. The Bertz CT molecular complexity index is 767. The van der Waals surface area contributed by atoms with Gasteiger partial charge in [-0.25, -0.2) is 0 Å². The highest BCUT2D eigenvalue weighted by molar-refractivity contribution is 8.18. The number of nitrogens with zero attached hydrogens (tertiary/aromatic N) is 1. The third kappa shape index (κ3) is 4.14. The molecule has 24 heavy (non-hydrogen) atoms.